The molecule has 0 saturated heterocycles. The molecule has 0 aliphatic carbocycles. The lowest BCUT2D eigenvalue weighted by atomic mass is 9.64. The molecule has 7 aromatic carbocycles. The maximum absolute atomic E-state index is 13.2. The zero-order valence-corrected chi connectivity index (χ0v) is 52.8. The fraction of sp³-hybridized carbons (Fsp3) is 0.294. The smallest absolute Gasteiger partial charge is 0.267 e. The normalized spacial score (nSPS) is 13.9. The van der Waals surface area contributed by atoms with E-state index in [9.17, 15) is 8.42 Å². The number of ether oxygens (including phenoxy) is 5. The lowest BCUT2D eigenvalue weighted by molar-refractivity contribution is 0.0768. The van der Waals surface area contributed by atoms with E-state index in [1.165, 1.54) is 55.6 Å². The Morgan fingerprint density at radius 1 is 0.500 bits per heavy atom. The topological polar surface area (TPSA) is 85.2 Å². The Morgan fingerprint density at radius 3 is 1.46 bits per heavy atom. The minimum absolute atomic E-state index is 0.0329. The molecular formula is C68H71NO7S6. The zero-order chi connectivity index (χ0) is 57.5. The highest BCUT2D eigenvalue weighted by Crippen LogP contribution is 2.60. The molecule has 2 aliphatic rings. The number of rotatable bonds is 23. The van der Waals surface area contributed by atoms with Crippen molar-refractivity contribution in [1.29, 1.82) is 0 Å². The van der Waals surface area contributed by atoms with Gasteiger partial charge in [0.1, 0.15) is 37.1 Å². The number of hydrogen-bond donors (Lipinski definition) is 0. The van der Waals surface area contributed by atoms with E-state index < -0.39 is 15.4 Å². The lowest BCUT2D eigenvalue weighted by Crippen LogP contribution is -2.31. The first-order valence-electron chi connectivity index (χ1n) is 27.8. The van der Waals surface area contributed by atoms with Crippen molar-refractivity contribution in [3.63, 3.8) is 0 Å². The van der Waals surface area contributed by atoms with E-state index in [-0.39, 0.29) is 15.7 Å². The maximum Gasteiger partial charge on any atom is 0.267 e. The third kappa shape index (κ3) is 13.7. The van der Waals surface area contributed by atoms with Gasteiger partial charge in [0.25, 0.3) is 10.0 Å². The molecule has 8 aromatic rings. The van der Waals surface area contributed by atoms with Crippen LogP contribution < -0.4 is 14.2 Å². The van der Waals surface area contributed by atoms with E-state index in [1.54, 1.807) is 83.3 Å². The average molecular weight is 1210 g/mol. The number of thioether (sulfide) groups is 5. The summed E-state index contributed by atoms with van der Waals surface area (Å²) in [4.78, 5) is 2.21. The molecule has 0 N–H and O–H groups in total. The molecule has 3 heterocycles. The Hall–Kier alpha value is -5.42. The molecule has 0 fully saturated rings. The molecule has 0 unspecified atom stereocenters. The second kappa shape index (κ2) is 26.2. The van der Waals surface area contributed by atoms with Crippen LogP contribution in [0.15, 0.2) is 203 Å². The monoisotopic (exact) mass is 1210 g/mol. The summed E-state index contributed by atoms with van der Waals surface area (Å²) >= 11 is 8.53. The Labute approximate surface area is 506 Å². The second-order valence-corrected chi connectivity index (χ2v) is 30.1. The SMILES string of the molecule is CCc1ccc(C(c2ccc(OCCOCCOc3cccc4c(OCCOCCSC5=CSC(=C6Sc7cn(S(=O)(=O)c8ccc(C)cc8)cc7S6)S5)cccc34)cc2)(c2ccc(C(C)(C)C)cc2)c2ccc(C(C)(C)C)cc2)cc1. The van der Waals surface area contributed by atoms with Gasteiger partial charge in [0.2, 0.25) is 0 Å². The summed E-state index contributed by atoms with van der Waals surface area (Å²) in [7, 11) is -3.64. The van der Waals surface area contributed by atoms with Gasteiger partial charge in [-0.15, -0.1) is 11.8 Å². The van der Waals surface area contributed by atoms with Crippen molar-refractivity contribution in [3.05, 3.63) is 233 Å². The summed E-state index contributed by atoms with van der Waals surface area (Å²) in [5.74, 6) is 3.17. The molecule has 426 valence electrons. The van der Waals surface area contributed by atoms with Gasteiger partial charge in [-0.05, 0) is 105 Å². The number of benzene rings is 7. The number of nitrogens with zero attached hydrogens (tertiary/aromatic N) is 1. The van der Waals surface area contributed by atoms with Gasteiger partial charge < -0.3 is 23.7 Å². The number of hydrogen-bond acceptors (Lipinski definition) is 12. The number of aromatic nitrogens is 1. The van der Waals surface area contributed by atoms with Crippen molar-refractivity contribution in [2.24, 2.45) is 0 Å². The van der Waals surface area contributed by atoms with E-state index in [4.69, 9.17) is 23.7 Å². The third-order valence-corrected chi connectivity index (χ3v) is 22.9. The molecule has 0 saturated carbocycles. The van der Waals surface area contributed by atoms with Gasteiger partial charge in [0, 0.05) is 38.7 Å². The van der Waals surface area contributed by atoms with E-state index in [0.29, 0.717) is 46.2 Å². The second-order valence-electron chi connectivity index (χ2n) is 22.3. The molecule has 8 nitrogen and oxygen atoms in total. The van der Waals surface area contributed by atoms with Crippen LogP contribution in [-0.4, -0.2) is 64.4 Å². The molecule has 10 rings (SSSR count). The predicted molar refractivity (Wildman–Crippen MR) is 346 cm³/mol. The first kappa shape index (κ1) is 59.7. The maximum atomic E-state index is 13.2. The lowest BCUT2D eigenvalue weighted by Gasteiger charge is -2.38. The standard InChI is InChI=1S/C68H71NO7S6/c1-9-48-18-20-51(21-19-48)68(52-26-22-49(23-27-52)66(3,4)5,53-28-24-50(25-29-53)67(6,7)8)54-30-32-55(33-31-54)74-39-36-72-37-40-75-59-14-10-13-58-57(59)12-11-15-60(58)76-41-38-73-42-43-77-63-46-78-64(81-63)65-79-61-44-69(45-62(61)80-65)82(70,71)56-34-16-47(2)17-35-56/h10-35,44-46H,9,36-43H2,1-8H3. The van der Waals surface area contributed by atoms with Crippen LogP contribution in [0.25, 0.3) is 10.8 Å². The molecule has 0 radical (unpaired) electrons. The Balaban J connectivity index is 0.670. The Morgan fingerprint density at radius 2 is 0.963 bits per heavy atom. The molecule has 0 amide bonds. The third-order valence-electron chi connectivity index (χ3n) is 14.6. The van der Waals surface area contributed by atoms with Crippen molar-refractivity contribution in [2.75, 3.05) is 52.0 Å². The van der Waals surface area contributed by atoms with Crippen LogP contribution in [0.2, 0.25) is 0 Å². The van der Waals surface area contributed by atoms with Gasteiger partial charge in [-0.3, -0.25) is 0 Å². The summed E-state index contributed by atoms with van der Waals surface area (Å²) in [6.45, 7) is 20.9. The zero-order valence-electron chi connectivity index (χ0n) is 47.9. The molecule has 0 spiro atoms. The van der Waals surface area contributed by atoms with Crippen LogP contribution in [0.5, 0.6) is 17.2 Å². The molecule has 0 bridgehead atoms. The van der Waals surface area contributed by atoms with Crippen LogP contribution in [0, 0.1) is 6.92 Å². The van der Waals surface area contributed by atoms with E-state index in [2.05, 4.69) is 163 Å². The molecule has 0 atom stereocenters. The molecule has 2 aliphatic heterocycles. The van der Waals surface area contributed by atoms with Crippen LogP contribution in [0.4, 0.5) is 0 Å². The van der Waals surface area contributed by atoms with E-state index in [0.717, 1.165) is 55.5 Å². The molecular weight excluding hydrogens is 1140 g/mol. The quantitative estimate of drug-likeness (QED) is 0.0452. The highest BCUT2D eigenvalue weighted by Gasteiger charge is 2.39. The minimum Gasteiger partial charge on any atom is -0.491 e. The van der Waals surface area contributed by atoms with Crippen LogP contribution >= 0.6 is 58.8 Å². The molecule has 82 heavy (non-hydrogen) atoms. The Bertz CT molecular complexity index is 3570. The van der Waals surface area contributed by atoms with Crippen molar-refractivity contribution < 1.29 is 32.1 Å². The van der Waals surface area contributed by atoms with Crippen molar-refractivity contribution in [3.8, 4) is 17.2 Å². The van der Waals surface area contributed by atoms with Gasteiger partial charge >= 0.3 is 0 Å². The van der Waals surface area contributed by atoms with Gasteiger partial charge in [0.15, 0.2) is 0 Å². The van der Waals surface area contributed by atoms with Crippen LogP contribution in [0.1, 0.15) is 93.0 Å². The summed E-state index contributed by atoms with van der Waals surface area (Å²) in [5.41, 5.74) is 9.26. The summed E-state index contributed by atoms with van der Waals surface area (Å²) in [6, 6.07) is 55.3. The van der Waals surface area contributed by atoms with E-state index >= 15 is 0 Å². The molecule has 1 aromatic heterocycles. The average Bonchev–Trinajstić information content (AvgIpc) is 2.94. The summed E-state index contributed by atoms with van der Waals surface area (Å²) in [6.07, 6.45) is 4.44. The van der Waals surface area contributed by atoms with Gasteiger partial charge in [-0.25, -0.2) is 12.4 Å². The highest BCUT2D eigenvalue weighted by atomic mass is 32.2. The number of aryl methyl sites for hydroxylation is 2. The van der Waals surface area contributed by atoms with Gasteiger partial charge in [-0.1, -0.05) is 222 Å². The first-order chi connectivity index (χ1) is 39.5. The Kier molecular flexibility index (Phi) is 19.1. The van der Waals surface area contributed by atoms with Crippen LogP contribution in [0.3, 0.4) is 0 Å². The van der Waals surface area contributed by atoms with E-state index in [1.807, 2.05) is 43.3 Å². The van der Waals surface area contributed by atoms with Crippen molar-refractivity contribution in [2.45, 2.75) is 92.7 Å². The highest BCUT2D eigenvalue weighted by molar-refractivity contribution is 8.37. The largest absolute Gasteiger partial charge is 0.491 e. The van der Waals surface area contributed by atoms with Gasteiger partial charge in [-0.2, -0.15) is 0 Å². The van der Waals surface area contributed by atoms with Crippen molar-refractivity contribution in [1.82, 2.24) is 3.97 Å². The summed E-state index contributed by atoms with van der Waals surface area (Å²) in [5, 5.41) is 4.14. The van der Waals surface area contributed by atoms with Crippen LogP contribution in [-0.2, 0) is 42.2 Å². The fourth-order valence-electron chi connectivity index (χ4n) is 10.00. The number of fused-ring (bicyclic) bond motifs is 2. The first-order valence-corrected chi connectivity index (χ1v) is 33.6. The minimum atomic E-state index is -3.64. The molecule has 14 heteroatoms. The summed E-state index contributed by atoms with van der Waals surface area (Å²) < 4.78 is 62.2. The van der Waals surface area contributed by atoms with Crippen molar-refractivity contribution >= 4 is 79.6 Å². The van der Waals surface area contributed by atoms with Gasteiger partial charge in [0.05, 0.1) is 49.4 Å². The fourth-order valence-corrected chi connectivity index (χ4v) is 17.8. The predicted octanol–water partition coefficient (Wildman–Crippen LogP) is 17.6.